The molecule has 0 spiro atoms. The molecule has 0 amide bonds. The molecule has 0 aromatic carbocycles. The molecular weight excluding hydrogens is 666 g/mol. The SMILES string of the molecule is CC[C@H]1OC(=O)[C@H](C)[C@@H](O[C@H]2C[C@](C)(OC)[C@@H](O)[C@@H](C)O2)[C@H](C)[C@@H](O[C@@H]2O[C@H](C)C[C@H](N(C)C)[C@H]2O)[C@](C)(O)C[C@@H](C)C(=O)[C@H](C)[C@@H](O)[C@]1(C)O. The minimum atomic E-state index is -1.99. The van der Waals surface area contributed by atoms with Gasteiger partial charge in [0.1, 0.15) is 29.7 Å². The van der Waals surface area contributed by atoms with Crippen molar-refractivity contribution in [2.45, 2.75) is 179 Å². The number of ketones is 1. The van der Waals surface area contributed by atoms with Crippen molar-refractivity contribution in [2.24, 2.45) is 23.7 Å². The van der Waals surface area contributed by atoms with Gasteiger partial charge in [0.2, 0.25) is 0 Å². The first-order valence-electron chi connectivity index (χ1n) is 18.5. The number of carbonyl (C=O) groups excluding carboxylic acids is 2. The fraction of sp³-hybridized carbons (Fsp3) is 0.946. The van der Waals surface area contributed by atoms with Crippen molar-refractivity contribution in [1.82, 2.24) is 4.90 Å². The molecule has 18 atom stereocenters. The van der Waals surface area contributed by atoms with Crippen LogP contribution < -0.4 is 0 Å². The quantitative estimate of drug-likeness (QED) is 0.238. The summed E-state index contributed by atoms with van der Waals surface area (Å²) >= 11 is 0. The summed E-state index contributed by atoms with van der Waals surface area (Å²) in [6.07, 6.45) is -9.71. The topological polar surface area (TPSA) is 194 Å². The Kier molecular flexibility index (Phi) is 14.7. The molecule has 298 valence electrons. The van der Waals surface area contributed by atoms with Crippen LogP contribution in [-0.2, 0) is 38.0 Å². The molecule has 14 heteroatoms. The van der Waals surface area contributed by atoms with Gasteiger partial charge in [0.05, 0.1) is 47.6 Å². The second-order valence-corrected chi connectivity index (χ2v) is 16.5. The fourth-order valence-corrected chi connectivity index (χ4v) is 8.41. The highest BCUT2D eigenvalue weighted by molar-refractivity contribution is 5.83. The summed E-state index contributed by atoms with van der Waals surface area (Å²) in [5, 5.41) is 57.6. The van der Waals surface area contributed by atoms with E-state index < -0.39 is 108 Å². The zero-order chi connectivity index (χ0) is 39.0. The van der Waals surface area contributed by atoms with Crippen molar-refractivity contribution < 1.29 is 63.5 Å². The molecular formula is C37H67NO13. The maximum Gasteiger partial charge on any atom is 0.311 e. The predicted octanol–water partition coefficient (Wildman–Crippen LogP) is 1.79. The Hall–Kier alpha value is -1.30. The predicted molar refractivity (Wildman–Crippen MR) is 186 cm³/mol. The number of hydrogen-bond acceptors (Lipinski definition) is 14. The van der Waals surface area contributed by atoms with E-state index in [2.05, 4.69) is 0 Å². The Labute approximate surface area is 304 Å². The molecule has 0 aromatic rings. The number of likely N-dealkylation sites (N-methyl/N-ethyl adjacent to an activating group) is 1. The molecule has 0 unspecified atom stereocenters. The summed E-state index contributed by atoms with van der Waals surface area (Å²) in [4.78, 5) is 29.8. The van der Waals surface area contributed by atoms with E-state index in [4.69, 9.17) is 28.4 Å². The third kappa shape index (κ3) is 9.51. The Morgan fingerprint density at radius 3 is 2.04 bits per heavy atom. The van der Waals surface area contributed by atoms with Crippen LogP contribution in [0.2, 0.25) is 0 Å². The number of carbonyl (C=O) groups is 2. The molecule has 0 bridgehead atoms. The molecule has 3 saturated heterocycles. The molecule has 3 aliphatic rings. The lowest BCUT2D eigenvalue weighted by atomic mass is 9.74. The lowest BCUT2D eigenvalue weighted by Crippen LogP contribution is -2.61. The van der Waals surface area contributed by atoms with E-state index in [9.17, 15) is 35.1 Å². The summed E-state index contributed by atoms with van der Waals surface area (Å²) < 4.78 is 37.1. The van der Waals surface area contributed by atoms with Crippen LogP contribution in [0.25, 0.3) is 0 Å². The number of Topliss-reactive ketones (excluding diaryl/α,β-unsaturated/α-hetero) is 1. The zero-order valence-corrected chi connectivity index (χ0v) is 32.9. The van der Waals surface area contributed by atoms with Gasteiger partial charge in [-0.15, -0.1) is 0 Å². The van der Waals surface area contributed by atoms with E-state index >= 15 is 0 Å². The molecule has 3 aliphatic heterocycles. The van der Waals surface area contributed by atoms with Crippen LogP contribution in [-0.4, -0.2) is 148 Å². The van der Waals surface area contributed by atoms with E-state index in [0.717, 1.165) is 0 Å². The van der Waals surface area contributed by atoms with Crippen LogP contribution in [0.3, 0.4) is 0 Å². The van der Waals surface area contributed by atoms with E-state index in [1.54, 1.807) is 41.5 Å². The van der Waals surface area contributed by atoms with Crippen molar-refractivity contribution >= 4 is 11.8 Å². The highest BCUT2D eigenvalue weighted by Gasteiger charge is 2.53. The van der Waals surface area contributed by atoms with Crippen LogP contribution >= 0.6 is 0 Å². The second-order valence-electron chi connectivity index (χ2n) is 16.5. The van der Waals surface area contributed by atoms with Crippen LogP contribution in [0.15, 0.2) is 0 Å². The number of cyclic esters (lactones) is 1. The van der Waals surface area contributed by atoms with Gasteiger partial charge in [-0.2, -0.15) is 0 Å². The molecule has 3 fully saturated rings. The lowest BCUT2D eigenvalue weighted by Gasteiger charge is -2.49. The highest BCUT2D eigenvalue weighted by atomic mass is 16.7. The Bertz CT molecular complexity index is 1170. The standard InChI is InChI=1S/C37H67NO13/c1-14-25-37(10,45)30(41)20(4)27(39)18(2)16-35(8,44)32(51-34-28(40)24(38(11)12)15-19(3)47-34)21(5)29(22(6)33(43)49-25)50-26-17-36(9,46-13)31(42)23(7)48-26/h18-26,28-32,34,40-42,44-45H,14-17H2,1-13H3/t18-,19-,20+,21+,22-,23-,24+,25-,26+,28-,29+,30-,31+,32-,34+,35-,36+,37-/m1/s1. The number of hydrogen-bond donors (Lipinski definition) is 5. The summed E-state index contributed by atoms with van der Waals surface area (Å²) in [6, 6.07) is -0.324. The van der Waals surface area contributed by atoms with Gasteiger partial charge in [-0.1, -0.05) is 27.7 Å². The third-order valence-electron chi connectivity index (χ3n) is 11.8. The number of aliphatic hydroxyl groups is 5. The molecule has 0 radical (unpaired) electrons. The van der Waals surface area contributed by atoms with E-state index in [0.29, 0.717) is 6.42 Å². The fourth-order valence-electron chi connectivity index (χ4n) is 8.41. The molecule has 0 aliphatic carbocycles. The number of ether oxygens (including phenoxy) is 6. The first-order chi connectivity index (χ1) is 23.4. The molecule has 0 aromatic heterocycles. The van der Waals surface area contributed by atoms with Crippen LogP contribution in [0, 0.1) is 23.7 Å². The molecule has 14 nitrogen and oxygen atoms in total. The summed E-state index contributed by atoms with van der Waals surface area (Å²) in [5.74, 6) is -4.98. The lowest BCUT2D eigenvalue weighted by molar-refractivity contribution is -0.318. The number of esters is 1. The smallest absolute Gasteiger partial charge is 0.311 e. The van der Waals surface area contributed by atoms with Gasteiger partial charge in [-0.25, -0.2) is 0 Å². The average Bonchev–Trinajstić information content (AvgIpc) is 3.05. The van der Waals surface area contributed by atoms with Crippen molar-refractivity contribution in [3.05, 3.63) is 0 Å². The van der Waals surface area contributed by atoms with Crippen LogP contribution in [0.5, 0.6) is 0 Å². The highest BCUT2D eigenvalue weighted by Crippen LogP contribution is 2.40. The maximum atomic E-state index is 14.1. The van der Waals surface area contributed by atoms with Crippen molar-refractivity contribution in [3.63, 3.8) is 0 Å². The van der Waals surface area contributed by atoms with Crippen molar-refractivity contribution in [1.29, 1.82) is 0 Å². The van der Waals surface area contributed by atoms with Crippen LogP contribution in [0.4, 0.5) is 0 Å². The second kappa shape index (κ2) is 17.0. The summed E-state index contributed by atoms with van der Waals surface area (Å²) in [6.45, 7) is 16.3. The van der Waals surface area contributed by atoms with Gasteiger partial charge in [-0.3, -0.25) is 9.59 Å². The van der Waals surface area contributed by atoms with Gasteiger partial charge in [-0.05, 0) is 74.9 Å². The molecule has 3 heterocycles. The Morgan fingerprint density at radius 1 is 0.882 bits per heavy atom. The van der Waals surface area contributed by atoms with E-state index in [-0.39, 0.29) is 31.4 Å². The number of rotatable bonds is 7. The average molecular weight is 734 g/mol. The van der Waals surface area contributed by atoms with Gasteiger partial charge in [0.25, 0.3) is 0 Å². The van der Waals surface area contributed by atoms with Gasteiger partial charge in [0, 0.05) is 37.3 Å². The third-order valence-corrected chi connectivity index (χ3v) is 11.8. The van der Waals surface area contributed by atoms with Gasteiger partial charge < -0.3 is 58.9 Å². The Morgan fingerprint density at radius 2 is 1.49 bits per heavy atom. The van der Waals surface area contributed by atoms with E-state index in [1.165, 1.54) is 27.9 Å². The number of aliphatic hydroxyl groups excluding tert-OH is 3. The largest absolute Gasteiger partial charge is 0.459 e. The van der Waals surface area contributed by atoms with Crippen molar-refractivity contribution in [3.8, 4) is 0 Å². The minimum Gasteiger partial charge on any atom is -0.459 e. The molecule has 0 saturated carbocycles. The minimum absolute atomic E-state index is 0.0936. The first-order valence-corrected chi connectivity index (χ1v) is 18.5. The number of nitrogens with zero attached hydrogens (tertiary/aromatic N) is 1. The molecule has 51 heavy (non-hydrogen) atoms. The van der Waals surface area contributed by atoms with Crippen molar-refractivity contribution in [2.75, 3.05) is 21.2 Å². The van der Waals surface area contributed by atoms with Crippen LogP contribution in [0.1, 0.15) is 94.9 Å². The zero-order valence-electron chi connectivity index (χ0n) is 32.9. The summed E-state index contributed by atoms with van der Waals surface area (Å²) in [5.41, 5.74) is -4.84. The first kappa shape index (κ1) is 44.1. The molecule has 3 rings (SSSR count). The number of methoxy groups -OCH3 is 1. The maximum absolute atomic E-state index is 14.1. The monoisotopic (exact) mass is 733 g/mol. The van der Waals surface area contributed by atoms with Gasteiger partial charge >= 0.3 is 5.97 Å². The normalized spacial score (nSPS) is 49.7. The Balaban J connectivity index is 2.18. The van der Waals surface area contributed by atoms with E-state index in [1.807, 2.05) is 25.9 Å². The molecule has 5 N–H and O–H groups in total. The van der Waals surface area contributed by atoms with Gasteiger partial charge in [0.15, 0.2) is 12.6 Å². The summed E-state index contributed by atoms with van der Waals surface area (Å²) in [7, 11) is 5.18.